The van der Waals surface area contributed by atoms with Gasteiger partial charge in [0.1, 0.15) is 17.7 Å². The highest BCUT2D eigenvalue weighted by Gasteiger charge is 2.26. The van der Waals surface area contributed by atoms with E-state index in [1.165, 1.54) is 12.1 Å². The second-order valence-electron chi connectivity index (χ2n) is 8.37. The lowest BCUT2D eigenvalue weighted by Crippen LogP contribution is -2.38. The topological polar surface area (TPSA) is 54.3 Å². The van der Waals surface area contributed by atoms with E-state index in [0.717, 1.165) is 28.2 Å². The van der Waals surface area contributed by atoms with Crippen molar-refractivity contribution in [1.29, 1.82) is 0 Å². The van der Waals surface area contributed by atoms with Crippen molar-refractivity contribution in [2.45, 2.75) is 31.6 Å². The molecular weight excluding hydrogens is 419 g/mol. The molecule has 0 aliphatic carbocycles. The van der Waals surface area contributed by atoms with Crippen LogP contribution in [0.3, 0.4) is 0 Å². The molecule has 1 aliphatic heterocycles. The van der Waals surface area contributed by atoms with Gasteiger partial charge in [-0.1, -0.05) is 59.8 Å². The lowest BCUT2D eigenvalue weighted by Gasteiger charge is -2.27. The smallest absolute Gasteiger partial charge is 0.145 e. The van der Waals surface area contributed by atoms with E-state index in [9.17, 15) is 9.50 Å². The van der Waals surface area contributed by atoms with Gasteiger partial charge in [0.2, 0.25) is 0 Å². The molecule has 1 heterocycles. The summed E-state index contributed by atoms with van der Waals surface area (Å²) in [4.78, 5) is 7.90. The standard InChI is InChI=1S/C27H29FN2O3/c1-32-25-9-5-8-21(15-25)17-30(18-24(31)14-20-6-3-2-4-7-20)19-26-16-27(29-33-26)22-10-12-23(28)13-11-22/h2-13,15,24,26,31H,14,16-19H2,1H3/t24-,26+/m0/s1. The third-order valence-corrected chi connectivity index (χ3v) is 5.70. The first kappa shape index (κ1) is 23.0. The summed E-state index contributed by atoms with van der Waals surface area (Å²) < 4.78 is 18.6. The van der Waals surface area contributed by atoms with Gasteiger partial charge in [-0.3, -0.25) is 4.90 Å². The second kappa shape index (κ2) is 11.1. The second-order valence-corrected chi connectivity index (χ2v) is 8.37. The van der Waals surface area contributed by atoms with E-state index in [0.29, 0.717) is 32.5 Å². The van der Waals surface area contributed by atoms with Crippen molar-refractivity contribution in [3.05, 3.63) is 101 Å². The number of aliphatic hydroxyl groups is 1. The van der Waals surface area contributed by atoms with E-state index in [1.54, 1.807) is 19.2 Å². The number of benzene rings is 3. The summed E-state index contributed by atoms with van der Waals surface area (Å²) in [6.07, 6.45) is 0.560. The molecule has 1 aliphatic rings. The Labute approximate surface area is 194 Å². The van der Waals surface area contributed by atoms with Crippen molar-refractivity contribution in [2.24, 2.45) is 5.16 Å². The molecule has 3 aromatic carbocycles. The zero-order valence-electron chi connectivity index (χ0n) is 18.7. The van der Waals surface area contributed by atoms with Crippen molar-refractivity contribution < 1.29 is 19.1 Å². The fourth-order valence-corrected chi connectivity index (χ4v) is 4.11. The molecule has 0 unspecified atom stereocenters. The molecule has 2 atom stereocenters. The molecule has 172 valence electrons. The number of rotatable bonds is 10. The van der Waals surface area contributed by atoms with Gasteiger partial charge in [-0.2, -0.15) is 0 Å². The highest BCUT2D eigenvalue weighted by atomic mass is 19.1. The Hall–Kier alpha value is -3.22. The fourth-order valence-electron chi connectivity index (χ4n) is 4.11. The van der Waals surface area contributed by atoms with Crippen molar-refractivity contribution in [2.75, 3.05) is 20.2 Å². The van der Waals surface area contributed by atoms with Crippen LogP contribution >= 0.6 is 0 Å². The van der Waals surface area contributed by atoms with Crippen LogP contribution in [-0.4, -0.2) is 48.1 Å². The van der Waals surface area contributed by atoms with E-state index in [2.05, 4.69) is 16.1 Å². The van der Waals surface area contributed by atoms with Gasteiger partial charge >= 0.3 is 0 Å². The summed E-state index contributed by atoms with van der Waals surface area (Å²) in [5, 5.41) is 15.0. The van der Waals surface area contributed by atoms with Crippen LogP contribution in [-0.2, 0) is 17.8 Å². The van der Waals surface area contributed by atoms with Crippen molar-refractivity contribution >= 4 is 5.71 Å². The van der Waals surface area contributed by atoms with Crippen molar-refractivity contribution in [3.63, 3.8) is 0 Å². The Bertz CT molecular complexity index is 1060. The lowest BCUT2D eigenvalue weighted by atomic mass is 10.0. The minimum atomic E-state index is -0.517. The maximum absolute atomic E-state index is 13.3. The Morgan fingerprint density at radius 3 is 2.58 bits per heavy atom. The van der Waals surface area contributed by atoms with Crippen LogP contribution in [0.1, 0.15) is 23.1 Å². The van der Waals surface area contributed by atoms with Crippen LogP contribution in [0.25, 0.3) is 0 Å². The number of hydrogen-bond acceptors (Lipinski definition) is 5. The Kier molecular flexibility index (Phi) is 7.70. The summed E-state index contributed by atoms with van der Waals surface area (Å²) in [6.45, 7) is 1.75. The van der Waals surface area contributed by atoms with E-state index in [1.807, 2.05) is 48.5 Å². The Morgan fingerprint density at radius 1 is 1.06 bits per heavy atom. The first-order valence-electron chi connectivity index (χ1n) is 11.1. The number of hydrogen-bond donors (Lipinski definition) is 1. The number of halogens is 1. The van der Waals surface area contributed by atoms with Gasteiger partial charge in [-0.05, 0) is 47.4 Å². The molecule has 0 radical (unpaired) electrons. The minimum Gasteiger partial charge on any atom is -0.497 e. The maximum atomic E-state index is 13.3. The number of oxime groups is 1. The largest absolute Gasteiger partial charge is 0.497 e. The SMILES string of the molecule is COc1cccc(CN(C[C@@H](O)Cc2ccccc2)C[C@H]2CC(c3ccc(F)cc3)=NO2)c1. The van der Waals surface area contributed by atoms with Crippen LogP contribution in [0.15, 0.2) is 84.0 Å². The normalized spacial score (nSPS) is 16.4. The lowest BCUT2D eigenvalue weighted by molar-refractivity contribution is 0.0322. The summed E-state index contributed by atoms with van der Waals surface area (Å²) in [5.41, 5.74) is 3.87. The molecule has 0 amide bonds. The molecule has 0 bridgehead atoms. The molecule has 0 spiro atoms. The number of ether oxygens (including phenoxy) is 1. The third kappa shape index (κ3) is 6.63. The van der Waals surface area contributed by atoms with Gasteiger partial charge in [-0.25, -0.2) is 4.39 Å². The highest BCUT2D eigenvalue weighted by molar-refractivity contribution is 6.01. The van der Waals surface area contributed by atoms with Crippen LogP contribution in [0.4, 0.5) is 4.39 Å². The van der Waals surface area contributed by atoms with Gasteiger partial charge in [0.15, 0.2) is 0 Å². The van der Waals surface area contributed by atoms with Gasteiger partial charge in [0.25, 0.3) is 0 Å². The van der Waals surface area contributed by atoms with Gasteiger partial charge in [0.05, 0.1) is 18.9 Å². The average molecular weight is 449 g/mol. The van der Waals surface area contributed by atoms with Crippen LogP contribution in [0, 0.1) is 5.82 Å². The van der Waals surface area contributed by atoms with Gasteiger partial charge in [-0.15, -0.1) is 0 Å². The Balaban J connectivity index is 1.42. The predicted octanol–water partition coefficient (Wildman–Crippen LogP) is 4.43. The predicted molar refractivity (Wildman–Crippen MR) is 127 cm³/mol. The zero-order valence-corrected chi connectivity index (χ0v) is 18.7. The van der Waals surface area contributed by atoms with Crippen molar-refractivity contribution in [1.82, 2.24) is 4.90 Å². The maximum Gasteiger partial charge on any atom is 0.145 e. The zero-order chi connectivity index (χ0) is 23.0. The molecule has 0 saturated heterocycles. The molecule has 0 fully saturated rings. The van der Waals surface area contributed by atoms with Crippen LogP contribution < -0.4 is 4.74 Å². The number of methoxy groups -OCH3 is 1. The van der Waals surface area contributed by atoms with Crippen LogP contribution in [0.5, 0.6) is 5.75 Å². The van der Waals surface area contributed by atoms with Gasteiger partial charge < -0.3 is 14.7 Å². The average Bonchev–Trinajstić information content (AvgIpc) is 3.28. The Morgan fingerprint density at radius 2 is 1.82 bits per heavy atom. The highest BCUT2D eigenvalue weighted by Crippen LogP contribution is 2.20. The third-order valence-electron chi connectivity index (χ3n) is 5.70. The summed E-state index contributed by atoms with van der Waals surface area (Å²) in [5.74, 6) is 0.531. The molecule has 1 N–H and O–H groups in total. The fraction of sp³-hybridized carbons (Fsp3) is 0.296. The summed E-state index contributed by atoms with van der Waals surface area (Å²) in [7, 11) is 1.65. The van der Waals surface area contributed by atoms with E-state index in [4.69, 9.17) is 9.57 Å². The van der Waals surface area contributed by atoms with Crippen molar-refractivity contribution in [3.8, 4) is 5.75 Å². The molecule has 3 aromatic rings. The molecule has 0 aromatic heterocycles. The molecule has 4 rings (SSSR count). The van der Waals surface area contributed by atoms with E-state index < -0.39 is 6.10 Å². The van der Waals surface area contributed by atoms with Gasteiger partial charge in [0, 0.05) is 26.1 Å². The molecule has 5 nitrogen and oxygen atoms in total. The minimum absolute atomic E-state index is 0.139. The number of aliphatic hydroxyl groups excluding tert-OH is 1. The van der Waals surface area contributed by atoms with E-state index in [-0.39, 0.29) is 11.9 Å². The summed E-state index contributed by atoms with van der Waals surface area (Å²) >= 11 is 0. The first-order valence-corrected chi connectivity index (χ1v) is 11.1. The number of nitrogens with zero attached hydrogens (tertiary/aromatic N) is 2. The van der Waals surface area contributed by atoms with Crippen LogP contribution in [0.2, 0.25) is 0 Å². The molecule has 33 heavy (non-hydrogen) atoms. The monoisotopic (exact) mass is 448 g/mol. The summed E-state index contributed by atoms with van der Waals surface area (Å²) in [6, 6.07) is 24.2. The van der Waals surface area contributed by atoms with E-state index >= 15 is 0 Å². The first-order chi connectivity index (χ1) is 16.1. The molecule has 0 saturated carbocycles. The molecular formula is C27H29FN2O3. The quantitative estimate of drug-likeness (QED) is 0.499. The molecule has 6 heteroatoms.